The molecule has 96 valence electrons. The van der Waals surface area contributed by atoms with E-state index in [1.165, 1.54) is 10.4 Å². The predicted molar refractivity (Wildman–Crippen MR) is 76.9 cm³/mol. The van der Waals surface area contributed by atoms with E-state index in [4.69, 9.17) is 0 Å². The molecule has 0 saturated carbocycles. The highest BCUT2D eigenvalue weighted by Gasteiger charge is 2.07. The highest BCUT2D eigenvalue weighted by molar-refractivity contribution is 7.98. The Balaban J connectivity index is 2.23. The van der Waals surface area contributed by atoms with Crippen LogP contribution >= 0.6 is 23.1 Å². The number of carbonyl (C=O) groups excluding carboxylic acids is 1. The number of amides is 2. The fourth-order valence-corrected chi connectivity index (χ4v) is 2.82. The van der Waals surface area contributed by atoms with E-state index in [2.05, 4.69) is 29.9 Å². The molecule has 2 N–H and O–H groups in total. The van der Waals surface area contributed by atoms with Gasteiger partial charge >= 0.3 is 6.03 Å². The van der Waals surface area contributed by atoms with Gasteiger partial charge in [0.05, 0.1) is 6.54 Å². The quantitative estimate of drug-likeness (QED) is 0.836. The van der Waals surface area contributed by atoms with Gasteiger partial charge in [0.15, 0.2) is 0 Å². The fraction of sp³-hybridized carbons (Fsp3) is 0.583. The summed E-state index contributed by atoms with van der Waals surface area (Å²) in [6.45, 7) is 4.71. The van der Waals surface area contributed by atoms with Gasteiger partial charge in [0.25, 0.3) is 0 Å². The third-order valence-electron chi connectivity index (χ3n) is 2.51. The molecule has 0 spiro atoms. The molecule has 3 nitrogen and oxygen atoms in total. The average molecular weight is 272 g/mol. The Hall–Kier alpha value is -0.680. The maximum absolute atomic E-state index is 11.6. The summed E-state index contributed by atoms with van der Waals surface area (Å²) in [5, 5.41) is 7.87. The minimum atomic E-state index is -0.0774. The van der Waals surface area contributed by atoms with Crippen molar-refractivity contribution in [3.05, 3.63) is 21.9 Å². The molecule has 2 amide bonds. The molecule has 0 aromatic carbocycles. The summed E-state index contributed by atoms with van der Waals surface area (Å²) in [6, 6.07) is 2.22. The van der Waals surface area contributed by atoms with Crippen LogP contribution in [0.25, 0.3) is 0 Å². The van der Waals surface area contributed by atoms with Gasteiger partial charge in [-0.3, -0.25) is 0 Å². The number of thioether (sulfide) groups is 1. The Morgan fingerprint density at radius 1 is 1.59 bits per heavy atom. The molecule has 1 rings (SSSR count). The van der Waals surface area contributed by atoms with Gasteiger partial charge in [-0.2, -0.15) is 11.8 Å². The van der Waals surface area contributed by atoms with E-state index in [1.54, 1.807) is 23.1 Å². The van der Waals surface area contributed by atoms with Crippen LogP contribution in [0.15, 0.2) is 11.4 Å². The summed E-state index contributed by atoms with van der Waals surface area (Å²) < 4.78 is 0. The van der Waals surface area contributed by atoms with Crippen LogP contribution < -0.4 is 10.6 Å². The fourth-order valence-electron chi connectivity index (χ4n) is 1.39. The van der Waals surface area contributed by atoms with Crippen LogP contribution in [0.1, 0.15) is 23.8 Å². The monoisotopic (exact) mass is 272 g/mol. The number of urea groups is 1. The van der Waals surface area contributed by atoms with Gasteiger partial charge in [-0.15, -0.1) is 11.3 Å². The molecule has 0 radical (unpaired) electrons. The highest BCUT2D eigenvalue weighted by Crippen LogP contribution is 2.14. The summed E-state index contributed by atoms with van der Waals surface area (Å²) in [5.74, 6) is 1.07. The van der Waals surface area contributed by atoms with Crippen LogP contribution in [0.5, 0.6) is 0 Å². The lowest BCUT2D eigenvalue weighted by molar-refractivity contribution is 0.237. The lowest BCUT2D eigenvalue weighted by atomic mass is 10.2. The molecule has 17 heavy (non-hydrogen) atoms. The summed E-state index contributed by atoms with van der Waals surface area (Å²) in [7, 11) is 0. The summed E-state index contributed by atoms with van der Waals surface area (Å²) >= 11 is 3.48. The third-order valence-corrected chi connectivity index (χ3v) is 4.18. The third kappa shape index (κ3) is 5.46. The van der Waals surface area contributed by atoms with Crippen LogP contribution in [0.2, 0.25) is 0 Å². The van der Waals surface area contributed by atoms with E-state index in [1.807, 2.05) is 12.3 Å². The second-order valence-corrected chi connectivity index (χ2v) is 6.02. The molecule has 0 unspecified atom stereocenters. The van der Waals surface area contributed by atoms with Crippen molar-refractivity contribution in [1.29, 1.82) is 0 Å². The zero-order valence-corrected chi connectivity index (χ0v) is 12.2. The molecule has 0 bridgehead atoms. The van der Waals surface area contributed by atoms with Crippen molar-refractivity contribution in [2.24, 2.45) is 0 Å². The summed E-state index contributed by atoms with van der Waals surface area (Å²) in [4.78, 5) is 12.8. The molecule has 0 aliphatic rings. The standard InChI is InChI=1S/C12H20N2OS2/c1-9-4-7-17-11(9)8-13-12(15)14-10(2)5-6-16-3/h4,7,10H,5-6,8H2,1-3H3,(H2,13,14,15)/t10-/m0/s1. The van der Waals surface area contributed by atoms with E-state index in [-0.39, 0.29) is 12.1 Å². The zero-order chi connectivity index (χ0) is 12.7. The van der Waals surface area contributed by atoms with Crippen molar-refractivity contribution in [3.63, 3.8) is 0 Å². The average Bonchev–Trinajstić information content (AvgIpc) is 2.69. The van der Waals surface area contributed by atoms with Crippen LogP contribution in [0, 0.1) is 6.92 Å². The maximum atomic E-state index is 11.6. The molecule has 0 aliphatic carbocycles. The van der Waals surface area contributed by atoms with Crippen LogP contribution in [-0.4, -0.2) is 24.1 Å². The van der Waals surface area contributed by atoms with Crippen molar-refractivity contribution >= 4 is 29.1 Å². The van der Waals surface area contributed by atoms with E-state index < -0.39 is 0 Å². The number of nitrogens with one attached hydrogen (secondary N) is 2. The molecular weight excluding hydrogens is 252 g/mol. The van der Waals surface area contributed by atoms with Gasteiger partial charge in [0, 0.05) is 10.9 Å². The minimum Gasteiger partial charge on any atom is -0.336 e. The van der Waals surface area contributed by atoms with Crippen molar-refractivity contribution in [3.8, 4) is 0 Å². The lowest BCUT2D eigenvalue weighted by Crippen LogP contribution is -2.40. The van der Waals surface area contributed by atoms with Gasteiger partial charge < -0.3 is 10.6 Å². The zero-order valence-electron chi connectivity index (χ0n) is 10.6. The van der Waals surface area contributed by atoms with Crippen molar-refractivity contribution in [2.75, 3.05) is 12.0 Å². The Labute approximate surface area is 111 Å². The van der Waals surface area contributed by atoms with Gasteiger partial charge in [-0.1, -0.05) is 0 Å². The summed E-state index contributed by atoms with van der Waals surface area (Å²) in [5.41, 5.74) is 1.24. The second-order valence-electron chi connectivity index (χ2n) is 4.04. The Morgan fingerprint density at radius 3 is 2.94 bits per heavy atom. The number of aryl methyl sites for hydroxylation is 1. The number of thiophene rings is 1. The first-order valence-electron chi connectivity index (χ1n) is 5.69. The van der Waals surface area contributed by atoms with Crippen LogP contribution in [-0.2, 0) is 6.54 Å². The van der Waals surface area contributed by atoms with Gasteiger partial charge in [-0.25, -0.2) is 4.79 Å². The smallest absolute Gasteiger partial charge is 0.315 e. The van der Waals surface area contributed by atoms with Crippen LogP contribution in [0.3, 0.4) is 0 Å². The Morgan fingerprint density at radius 2 is 2.35 bits per heavy atom. The first kappa shape index (κ1) is 14.4. The van der Waals surface area contributed by atoms with Crippen molar-refractivity contribution in [2.45, 2.75) is 32.9 Å². The molecule has 0 fully saturated rings. The lowest BCUT2D eigenvalue weighted by Gasteiger charge is -2.13. The molecule has 1 aromatic heterocycles. The van der Waals surface area contributed by atoms with E-state index >= 15 is 0 Å². The first-order chi connectivity index (χ1) is 8.13. The Kier molecular flexibility index (Phi) is 6.44. The Bertz CT molecular complexity index is 352. The van der Waals surface area contributed by atoms with E-state index in [0.29, 0.717) is 6.54 Å². The molecule has 1 atom stereocenters. The molecular formula is C12H20N2OS2. The molecule has 1 heterocycles. The molecule has 1 aromatic rings. The van der Waals surface area contributed by atoms with Gasteiger partial charge in [0.1, 0.15) is 0 Å². The molecule has 0 saturated heterocycles. The molecule has 0 aliphatic heterocycles. The maximum Gasteiger partial charge on any atom is 0.315 e. The number of carbonyl (C=O) groups is 1. The van der Waals surface area contributed by atoms with Crippen molar-refractivity contribution in [1.82, 2.24) is 10.6 Å². The van der Waals surface area contributed by atoms with Crippen LogP contribution in [0.4, 0.5) is 4.79 Å². The first-order valence-corrected chi connectivity index (χ1v) is 7.97. The number of hydrogen-bond donors (Lipinski definition) is 2. The SMILES string of the molecule is CSCC[C@H](C)NC(=O)NCc1sccc1C. The number of rotatable bonds is 6. The van der Waals surface area contributed by atoms with Gasteiger partial charge in [-0.05, 0) is 49.3 Å². The summed E-state index contributed by atoms with van der Waals surface area (Å²) in [6.07, 6.45) is 3.08. The molecule has 5 heteroatoms. The van der Waals surface area contributed by atoms with E-state index in [0.717, 1.165) is 12.2 Å². The minimum absolute atomic E-state index is 0.0774. The predicted octanol–water partition coefficient (Wildman–Crippen LogP) is 3.00. The largest absolute Gasteiger partial charge is 0.336 e. The number of hydrogen-bond acceptors (Lipinski definition) is 3. The highest BCUT2D eigenvalue weighted by atomic mass is 32.2. The van der Waals surface area contributed by atoms with Gasteiger partial charge in [0.2, 0.25) is 0 Å². The normalized spacial score (nSPS) is 12.2. The second kappa shape index (κ2) is 7.61. The van der Waals surface area contributed by atoms with Crippen molar-refractivity contribution < 1.29 is 4.79 Å². The topological polar surface area (TPSA) is 41.1 Å². The van der Waals surface area contributed by atoms with E-state index in [9.17, 15) is 4.79 Å².